The normalized spacial score (nSPS) is 11.2. The van der Waals surface area contributed by atoms with Crippen LogP contribution in [0.25, 0.3) is 11.3 Å². The average molecular weight is 388 g/mol. The molecule has 1 heterocycles. The molecule has 0 atom stereocenters. The third-order valence-corrected chi connectivity index (χ3v) is 5.20. The van der Waals surface area contributed by atoms with E-state index in [-0.39, 0.29) is 16.3 Å². The third-order valence-electron chi connectivity index (χ3n) is 3.82. The molecule has 0 saturated carbocycles. The quantitative estimate of drug-likeness (QED) is 0.513. The monoisotopic (exact) mass is 388 g/mol. The number of hydrogen-bond acceptors (Lipinski definition) is 6. The summed E-state index contributed by atoms with van der Waals surface area (Å²) in [7, 11) is -0.725. The number of aryl methyl sites for hydroxylation is 1. The van der Waals surface area contributed by atoms with E-state index in [1.54, 1.807) is 19.3 Å². The second kappa shape index (κ2) is 7.08. The number of non-ortho nitro benzene ring substituents is 1. The lowest BCUT2D eigenvalue weighted by atomic mass is 10.1. The van der Waals surface area contributed by atoms with E-state index in [2.05, 4.69) is 9.82 Å². The van der Waals surface area contributed by atoms with E-state index in [4.69, 9.17) is 4.74 Å². The minimum Gasteiger partial charge on any atom is -0.497 e. The minimum absolute atomic E-state index is 0.0358. The summed E-state index contributed by atoms with van der Waals surface area (Å²) in [4.78, 5) is 10.6. The molecule has 3 aromatic rings. The Morgan fingerprint density at radius 2 is 1.85 bits per heavy atom. The molecule has 0 aliphatic rings. The number of anilines is 1. The van der Waals surface area contributed by atoms with Crippen molar-refractivity contribution in [2.45, 2.75) is 4.90 Å². The molecule has 0 amide bonds. The van der Waals surface area contributed by atoms with E-state index in [1.807, 2.05) is 0 Å². The highest BCUT2D eigenvalue weighted by molar-refractivity contribution is 7.92. The molecule has 10 heteroatoms. The van der Waals surface area contributed by atoms with Crippen LogP contribution in [-0.2, 0) is 17.1 Å². The van der Waals surface area contributed by atoms with Gasteiger partial charge in [0.2, 0.25) is 0 Å². The minimum atomic E-state index is -3.91. The lowest BCUT2D eigenvalue weighted by Gasteiger charge is -2.12. The number of sulfonamides is 1. The Hall–Kier alpha value is -3.40. The zero-order chi connectivity index (χ0) is 19.6. The Kier molecular flexibility index (Phi) is 4.82. The Balaban J connectivity index is 2.03. The van der Waals surface area contributed by atoms with Gasteiger partial charge in [-0.3, -0.25) is 19.5 Å². The van der Waals surface area contributed by atoms with Gasteiger partial charge in [-0.25, -0.2) is 8.42 Å². The topological polar surface area (TPSA) is 116 Å². The highest BCUT2D eigenvalue weighted by Gasteiger charge is 2.20. The summed E-state index contributed by atoms with van der Waals surface area (Å²) >= 11 is 0. The van der Waals surface area contributed by atoms with Gasteiger partial charge in [0, 0.05) is 30.9 Å². The molecule has 3 rings (SSSR count). The van der Waals surface area contributed by atoms with E-state index >= 15 is 0 Å². The zero-order valence-corrected chi connectivity index (χ0v) is 15.3. The molecule has 2 aromatic carbocycles. The maximum absolute atomic E-state index is 12.7. The van der Waals surface area contributed by atoms with Crippen molar-refractivity contribution in [1.82, 2.24) is 9.78 Å². The molecule has 0 saturated heterocycles. The number of hydrogen-bond donors (Lipinski definition) is 1. The third kappa shape index (κ3) is 3.90. The fourth-order valence-electron chi connectivity index (χ4n) is 2.46. The van der Waals surface area contributed by atoms with E-state index in [0.717, 1.165) is 0 Å². The number of nitro benzene ring substituents is 1. The van der Waals surface area contributed by atoms with Crippen molar-refractivity contribution in [3.05, 3.63) is 64.8 Å². The predicted molar refractivity (Wildman–Crippen MR) is 99.1 cm³/mol. The summed E-state index contributed by atoms with van der Waals surface area (Å²) in [6.07, 6.45) is 1.66. The summed E-state index contributed by atoms with van der Waals surface area (Å²) in [5, 5.41) is 15.3. The SMILES string of the molecule is COc1ccc(S(=O)(=O)Nc2ccc([N+](=O)[O-])cc2-c2ccn(C)n2)cc1. The Labute approximate surface area is 155 Å². The summed E-state index contributed by atoms with van der Waals surface area (Å²) in [5.41, 5.74) is 0.744. The van der Waals surface area contributed by atoms with Crippen molar-refractivity contribution in [2.24, 2.45) is 7.05 Å². The zero-order valence-electron chi connectivity index (χ0n) is 14.5. The molecule has 0 aliphatic heterocycles. The molecular formula is C17H16N4O5S. The van der Waals surface area contributed by atoms with E-state index in [1.165, 1.54) is 54.3 Å². The number of nitro groups is 1. The van der Waals surface area contributed by atoms with Gasteiger partial charge in [-0.15, -0.1) is 0 Å². The Bertz CT molecular complexity index is 1090. The van der Waals surface area contributed by atoms with Gasteiger partial charge in [0.15, 0.2) is 0 Å². The molecule has 27 heavy (non-hydrogen) atoms. The van der Waals surface area contributed by atoms with Crippen LogP contribution < -0.4 is 9.46 Å². The molecule has 140 valence electrons. The number of rotatable bonds is 6. The number of benzene rings is 2. The van der Waals surface area contributed by atoms with Gasteiger partial charge in [0.05, 0.1) is 28.3 Å². The smallest absolute Gasteiger partial charge is 0.270 e. The van der Waals surface area contributed by atoms with Crippen molar-refractivity contribution < 1.29 is 18.1 Å². The fourth-order valence-corrected chi connectivity index (χ4v) is 3.54. The molecule has 1 aromatic heterocycles. The Morgan fingerprint density at radius 3 is 2.41 bits per heavy atom. The van der Waals surface area contributed by atoms with Gasteiger partial charge in [-0.2, -0.15) is 5.10 Å². The standard InChI is InChI=1S/C17H16N4O5S/c1-20-10-9-16(18-20)15-11-12(21(22)23)3-8-17(15)19-27(24,25)14-6-4-13(26-2)5-7-14/h3-11,19H,1-2H3. The number of aromatic nitrogens is 2. The molecule has 0 aliphatic carbocycles. The van der Waals surface area contributed by atoms with Crippen LogP contribution in [0.1, 0.15) is 0 Å². The molecule has 9 nitrogen and oxygen atoms in total. The fraction of sp³-hybridized carbons (Fsp3) is 0.118. The average Bonchev–Trinajstić information content (AvgIpc) is 3.08. The maximum atomic E-state index is 12.7. The summed E-state index contributed by atoms with van der Waals surface area (Å²) in [6, 6.07) is 11.4. The number of nitrogens with one attached hydrogen (secondary N) is 1. The summed E-state index contributed by atoms with van der Waals surface area (Å²) in [5.74, 6) is 0.526. The largest absolute Gasteiger partial charge is 0.497 e. The first-order valence-electron chi connectivity index (χ1n) is 7.75. The second-order valence-electron chi connectivity index (χ2n) is 5.64. The van der Waals surface area contributed by atoms with Crippen molar-refractivity contribution in [3.63, 3.8) is 0 Å². The van der Waals surface area contributed by atoms with Crippen LogP contribution in [0.4, 0.5) is 11.4 Å². The van der Waals surface area contributed by atoms with Crippen LogP contribution in [0, 0.1) is 10.1 Å². The van der Waals surface area contributed by atoms with Crippen LogP contribution in [-0.4, -0.2) is 30.2 Å². The van der Waals surface area contributed by atoms with Gasteiger partial charge in [0.1, 0.15) is 5.75 Å². The lowest BCUT2D eigenvalue weighted by molar-refractivity contribution is -0.384. The first kappa shape index (κ1) is 18.4. The molecule has 0 unspecified atom stereocenters. The van der Waals surface area contributed by atoms with Crippen molar-refractivity contribution in [3.8, 4) is 17.0 Å². The number of ether oxygens (including phenoxy) is 1. The maximum Gasteiger partial charge on any atom is 0.270 e. The second-order valence-corrected chi connectivity index (χ2v) is 7.33. The van der Waals surface area contributed by atoms with Crippen molar-refractivity contribution in [2.75, 3.05) is 11.8 Å². The van der Waals surface area contributed by atoms with Crippen LogP contribution >= 0.6 is 0 Å². The highest BCUT2D eigenvalue weighted by Crippen LogP contribution is 2.32. The van der Waals surface area contributed by atoms with Crippen LogP contribution in [0.15, 0.2) is 59.6 Å². The molecular weight excluding hydrogens is 372 g/mol. The van der Waals surface area contributed by atoms with Crippen LogP contribution in [0.5, 0.6) is 5.75 Å². The summed E-state index contributed by atoms with van der Waals surface area (Å²) in [6.45, 7) is 0. The van der Waals surface area contributed by atoms with Gasteiger partial charge in [-0.1, -0.05) is 0 Å². The van der Waals surface area contributed by atoms with Gasteiger partial charge >= 0.3 is 0 Å². The van der Waals surface area contributed by atoms with Crippen molar-refractivity contribution in [1.29, 1.82) is 0 Å². The lowest BCUT2D eigenvalue weighted by Crippen LogP contribution is -2.13. The first-order valence-corrected chi connectivity index (χ1v) is 9.24. The molecule has 0 fully saturated rings. The highest BCUT2D eigenvalue weighted by atomic mass is 32.2. The number of nitrogens with zero attached hydrogens (tertiary/aromatic N) is 3. The van der Waals surface area contributed by atoms with E-state index in [9.17, 15) is 18.5 Å². The molecule has 0 spiro atoms. The van der Waals surface area contributed by atoms with Gasteiger partial charge in [-0.05, 0) is 36.4 Å². The van der Waals surface area contributed by atoms with Crippen LogP contribution in [0.2, 0.25) is 0 Å². The van der Waals surface area contributed by atoms with Crippen LogP contribution in [0.3, 0.4) is 0 Å². The molecule has 1 N–H and O–H groups in total. The predicted octanol–water partition coefficient (Wildman–Crippen LogP) is 2.80. The molecule has 0 bridgehead atoms. The van der Waals surface area contributed by atoms with E-state index in [0.29, 0.717) is 17.0 Å². The molecule has 0 radical (unpaired) electrons. The van der Waals surface area contributed by atoms with Gasteiger partial charge < -0.3 is 4.74 Å². The summed E-state index contributed by atoms with van der Waals surface area (Å²) < 4.78 is 34.4. The van der Waals surface area contributed by atoms with Crippen molar-refractivity contribution >= 4 is 21.4 Å². The van der Waals surface area contributed by atoms with E-state index < -0.39 is 14.9 Å². The first-order chi connectivity index (χ1) is 12.8. The van der Waals surface area contributed by atoms with Gasteiger partial charge in [0.25, 0.3) is 15.7 Å². The number of methoxy groups -OCH3 is 1. The Morgan fingerprint density at radius 1 is 1.15 bits per heavy atom.